The molecule has 1 heterocycles. The zero-order valence-electron chi connectivity index (χ0n) is 15.4. The first-order chi connectivity index (χ1) is 13.1. The van der Waals surface area contributed by atoms with Crippen molar-refractivity contribution < 1.29 is 8.42 Å². The van der Waals surface area contributed by atoms with Crippen LogP contribution in [0.5, 0.6) is 0 Å². The normalized spacial score (nSPS) is 16.4. The van der Waals surface area contributed by atoms with E-state index in [0.717, 1.165) is 31.8 Å². The van der Waals surface area contributed by atoms with Crippen LogP contribution in [0.25, 0.3) is 0 Å². The zero-order valence-corrected chi connectivity index (χ0v) is 17.0. The fourth-order valence-electron chi connectivity index (χ4n) is 3.07. The molecule has 1 atom stereocenters. The molecule has 0 amide bonds. The maximum atomic E-state index is 12.5. The molecule has 1 saturated heterocycles. The van der Waals surface area contributed by atoms with Crippen molar-refractivity contribution in [2.24, 2.45) is 0 Å². The van der Waals surface area contributed by atoms with Crippen LogP contribution in [-0.4, -0.2) is 44.7 Å². The molecule has 0 bridgehead atoms. The third kappa shape index (κ3) is 6.62. The fourth-order valence-corrected chi connectivity index (χ4v) is 5.02. The SMILES string of the molecule is O=S(=O)(NNC(CCN1CCCC1)CSc1ccccc1)c1ccccc1. The molecule has 0 radical (unpaired) electrons. The van der Waals surface area contributed by atoms with E-state index in [0.29, 0.717) is 0 Å². The van der Waals surface area contributed by atoms with Gasteiger partial charge < -0.3 is 4.90 Å². The van der Waals surface area contributed by atoms with Gasteiger partial charge in [0.05, 0.1) is 4.90 Å². The van der Waals surface area contributed by atoms with Crippen molar-refractivity contribution in [3.63, 3.8) is 0 Å². The summed E-state index contributed by atoms with van der Waals surface area (Å²) in [6.45, 7) is 3.28. The van der Waals surface area contributed by atoms with E-state index in [4.69, 9.17) is 0 Å². The van der Waals surface area contributed by atoms with Gasteiger partial charge in [0.25, 0.3) is 10.0 Å². The summed E-state index contributed by atoms with van der Waals surface area (Å²) in [4.78, 5) is 6.49. The predicted molar refractivity (Wildman–Crippen MR) is 111 cm³/mol. The molecule has 0 saturated carbocycles. The summed E-state index contributed by atoms with van der Waals surface area (Å²) in [5.74, 6) is 0.801. The first-order valence-electron chi connectivity index (χ1n) is 9.36. The maximum absolute atomic E-state index is 12.5. The Kier molecular flexibility index (Phi) is 7.72. The topological polar surface area (TPSA) is 61.4 Å². The van der Waals surface area contributed by atoms with Crippen LogP contribution < -0.4 is 10.3 Å². The summed E-state index contributed by atoms with van der Waals surface area (Å²) in [6, 6.07) is 18.7. The highest BCUT2D eigenvalue weighted by Gasteiger charge is 2.18. The number of hydrogen-bond donors (Lipinski definition) is 2. The molecule has 0 spiro atoms. The fraction of sp³-hybridized carbons (Fsp3) is 0.400. The molecule has 3 rings (SSSR count). The van der Waals surface area contributed by atoms with Crippen molar-refractivity contribution in [2.45, 2.75) is 35.1 Å². The van der Waals surface area contributed by atoms with Crippen LogP contribution in [0, 0.1) is 0 Å². The highest BCUT2D eigenvalue weighted by Crippen LogP contribution is 2.19. The van der Waals surface area contributed by atoms with Gasteiger partial charge in [-0.2, -0.15) is 0 Å². The minimum atomic E-state index is -3.56. The molecule has 1 aliphatic heterocycles. The maximum Gasteiger partial charge on any atom is 0.253 e. The van der Waals surface area contributed by atoms with Crippen molar-refractivity contribution in [1.82, 2.24) is 15.2 Å². The first kappa shape index (κ1) is 20.4. The van der Waals surface area contributed by atoms with Crippen LogP contribution in [-0.2, 0) is 10.0 Å². The molecule has 7 heteroatoms. The summed E-state index contributed by atoms with van der Waals surface area (Å²) < 4.78 is 25.0. The number of rotatable bonds is 10. The van der Waals surface area contributed by atoms with Crippen LogP contribution in [0.1, 0.15) is 19.3 Å². The van der Waals surface area contributed by atoms with Gasteiger partial charge in [-0.05, 0) is 63.2 Å². The predicted octanol–water partition coefficient (Wildman–Crippen LogP) is 3.12. The Balaban J connectivity index is 1.57. The number of sulfonamides is 1. The second-order valence-corrected chi connectivity index (χ2v) is 9.50. The van der Waals surface area contributed by atoms with E-state index in [-0.39, 0.29) is 10.9 Å². The second kappa shape index (κ2) is 10.2. The van der Waals surface area contributed by atoms with Crippen LogP contribution in [0.2, 0.25) is 0 Å². The van der Waals surface area contributed by atoms with Gasteiger partial charge in [0.2, 0.25) is 0 Å². The molecular weight excluding hydrogens is 378 g/mol. The van der Waals surface area contributed by atoms with Gasteiger partial charge in [-0.1, -0.05) is 36.4 Å². The molecule has 146 valence electrons. The van der Waals surface area contributed by atoms with Gasteiger partial charge in [0, 0.05) is 16.7 Å². The van der Waals surface area contributed by atoms with Crippen LogP contribution >= 0.6 is 11.8 Å². The van der Waals surface area contributed by atoms with Gasteiger partial charge in [-0.25, -0.2) is 13.8 Å². The molecule has 0 aromatic heterocycles. The number of nitrogens with zero attached hydrogens (tertiary/aromatic N) is 1. The lowest BCUT2D eigenvalue weighted by atomic mass is 10.2. The summed E-state index contributed by atoms with van der Waals surface area (Å²) >= 11 is 1.74. The highest BCUT2D eigenvalue weighted by molar-refractivity contribution is 7.99. The zero-order chi connectivity index (χ0) is 19.0. The van der Waals surface area contributed by atoms with E-state index in [1.165, 1.54) is 17.7 Å². The van der Waals surface area contributed by atoms with E-state index < -0.39 is 10.0 Å². The van der Waals surface area contributed by atoms with E-state index >= 15 is 0 Å². The number of likely N-dealkylation sites (tertiary alicyclic amines) is 1. The van der Waals surface area contributed by atoms with Gasteiger partial charge >= 0.3 is 0 Å². The lowest BCUT2D eigenvalue weighted by molar-refractivity contribution is 0.312. The quantitative estimate of drug-likeness (QED) is 0.470. The minimum absolute atomic E-state index is 0.0503. The number of hydrazine groups is 1. The molecular formula is C20H27N3O2S2. The molecule has 27 heavy (non-hydrogen) atoms. The number of hydrogen-bond acceptors (Lipinski definition) is 5. The molecule has 2 aromatic rings. The van der Waals surface area contributed by atoms with Crippen molar-refractivity contribution >= 4 is 21.8 Å². The molecule has 1 fully saturated rings. The lowest BCUT2D eigenvalue weighted by Crippen LogP contribution is -2.46. The van der Waals surface area contributed by atoms with E-state index in [2.05, 4.69) is 27.3 Å². The molecule has 5 nitrogen and oxygen atoms in total. The Morgan fingerprint density at radius 3 is 2.26 bits per heavy atom. The Morgan fingerprint density at radius 2 is 1.59 bits per heavy atom. The van der Waals surface area contributed by atoms with Gasteiger partial charge in [-0.15, -0.1) is 16.6 Å². The van der Waals surface area contributed by atoms with Gasteiger partial charge in [-0.3, -0.25) is 0 Å². The molecule has 1 unspecified atom stereocenters. The molecule has 1 aliphatic rings. The summed E-state index contributed by atoms with van der Waals surface area (Å²) in [6.07, 6.45) is 3.42. The Bertz CT molecular complexity index is 779. The molecule has 2 aromatic carbocycles. The Hall–Kier alpha value is -1.38. The van der Waals surface area contributed by atoms with Gasteiger partial charge in [0.1, 0.15) is 0 Å². The molecule has 2 N–H and O–H groups in total. The van der Waals surface area contributed by atoms with E-state index in [1.807, 2.05) is 24.3 Å². The third-order valence-corrected chi connectivity index (χ3v) is 7.09. The lowest BCUT2D eigenvalue weighted by Gasteiger charge is -2.22. The summed E-state index contributed by atoms with van der Waals surface area (Å²) in [7, 11) is -3.56. The smallest absolute Gasteiger partial charge is 0.253 e. The van der Waals surface area contributed by atoms with Crippen LogP contribution in [0.15, 0.2) is 70.5 Å². The third-order valence-electron chi connectivity index (χ3n) is 4.64. The Labute approximate surface area is 166 Å². The standard InChI is InChI=1S/C20H27N3O2S2/c24-27(25,20-11-5-2-6-12-20)22-21-18(13-16-23-14-7-8-15-23)17-26-19-9-3-1-4-10-19/h1-6,9-12,18,21-22H,7-8,13-17H2. The van der Waals surface area contributed by atoms with Crippen molar-refractivity contribution in [3.05, 3.63) is 60.7 Å². The highest BCUT2D eigenvalue weighted by atomic mass is 32.2. The summed E-state index contributed by atoms with van der Waals surface area (Å²) in [5, 5.41) is 0. The van der Waals surface area contributed by atoms with E-state index in [1.54, 1.807) is 36.0 Å². The average molecular weight is 406 g/mol. The Morgan fingerprint density at radius 1 is 0.963 bits per heavy atom. The first-order valence-corrected chi connectivity index (χ1v) is 11.8. The number of benzene rings is 2. The van der Waals surface area contributed by atoms with Crippen molar-refractivity contribution in [2.75, 3.05) is 25.4 Å². The number of nitrogens with one attached hydrogen (secondary N) is 2. The van der Waals surface area contributed by atoms with Crippen molar-refractivity contribution in [3.8, 4) is 0 Å². The average Bonchev–Trinajstić information content (AvgIpc) is 3.22. The minimum Gasteiger partial charge on any atom is -0.303 e. The number of thioether (sulfide) groups is 1. The molecule has 0 aliphatic carbocycles. The summed E-state index contributed by atoms with van der Waals surface area (Å²) in [5.41, 5.74) is 3.07. The monoisotopic (exact) mass is 405 g/mol. The van der Waals surface area contributed by atoms with Crippen molar-refractivity contribution in [1.29, 1.82) is 0 Å². The van der Waals surface area contributed by atoms with E-state index in [9.17, 15) is 8.42 Å². The largest absolute Gasteiger partial charge is 0.303 e. The van der Waals surface area contributed by atoms with Gasteiger partial charge in [0.15, 0.2) is 0 Å². The second-order valence-electron chi connectivity index (χ2n) is 6.72. The van der Waals surface area contributed by atoms with Crippen LogP contribution in [0.3, 0.4) is 0 Å². The van der Waals surface area contributed by atoms with Crippen LogP contribution in [0.4, 0.5) is 0 Å².